The fourth-order valence-electron chi connectivity index (χ4n) is 2.67. The summed E-state index contributed by atoms with van der Waals surface area (Å²) in [6, 6.07) is 7.79. The topological polar surface area (TPSA) is 64.6 Å². The van der Waals surface area contributed by atoms with Crippen LogP contribution in [-0.4, -0.2) is 24.6 Å². The van der Waals surface area contributed by atoms with Crippen LogP contribution >= 0.6 is 11.6 Å². The first kappa shape index (κ1) is 19.1. The zero-order chi connectivity index (χ0) is 19.6. The number of hydrogen-bond donors (Lipinski definition) is 1. The molecule has 0 bridgehead atoms. The number of carbonyl (C=O) groups excluding carboxylic acids is 2. The molecule has 0 saturated heterocycles. The van der Waals surface area contributed by atoms with Crippen molar-refractivity contribution in [2.45, 2.75) is 19.4 Å². The molecular weight excluding hydrogens is 380 g/mol. The highest BCUT2D eigenvalue weighted by molar-refractivity contribution is 6.30. The van der Waals surface area contributed by atoms with Crippen LogP contribution in [-0.2, 0) is 20.7 Å². The smallest absolute Gasteiger partial charge is 0.313 e. The molecular formula is C19H16ClF2NO4. The third-order valence-electron chi connectivity index (χ3n) is 4.11. The van der Waals surface area contributed by atoms with E-state index in [1.54, 1.807) is 18.2 Å². The van der Waals surface area contributed by atoms with Gasteiger partial charge < -0.3 is 14.8 Å². The van der Waals surface area contributed by atoms with Crippen LogP contribution in [0.4, 0.5) is 14.5 Å². The Labute approximate surface area is 159 Å². The van der Waals surface area contributed by atoms with Crippen LogP contribution < -0.4 is 10.1 Å². The lowest BCUT2D eigenvalue weighted by atomic mass is 9.97. The summed E-state index contributed by atoms with van der Waals surface area (Å²) in [5.74, 6) is -2.84. The Hall–Kier alpha value is -2.67. The van der Waals surface area contributed by atoms with Crippen molar-refractivity contribution in [1.29, 1.82) is 0 Å². The summed E-state index contributed by atoms with van der Waals surface area (Å²) in [5.41, 5.74) is 0.446. The number of hydrogen-bond acceptors (Lipinski definition) is 4. The lowest BCUT2D eigenvalue weighted by Gasteiger charge is -2.25. The molecule has 1 heterocycles. The van der Waals surface area contributed by atoms with Crippen molar-refractivity contribution in [3.63, 3.8) is 0 Å². The van der Waals surface area contributed by atoms with Crippen LogP contribution in [0.25, 0.3) is 0 Å². The van der Waals surface area contributed by atoms with E-state index in [2.05, 4.69) is 5.32 Å². The van der Waals surface area contributed by atoms with Gasteiger partial charge in [0.05, 0.1) is 11.6 Å². The molecule has 1 aliphatic rings. The molecule has 0 aromatic heterocycles. The Balaban J connectivity index is 1.60. The first-order chi connectivity index (χ1) is 12.8. The Bertz CT molecular complexity index is 890. The molecule has 1 aliphatic heterocycles. The normalized spacial score (nSPS) is 16.7. The highest BCUT2D eigenvalue weighted by atomic mass is 35.5. The summed E-state index contributed by atoms with van der Waals surface area (Å²) < 4.78 is 37.5. The van der Waals surface area contributed by atoms with Gasteiger partial charge in [-0.3, -0.25) is 9.59 Å². The van der Waals surface area contributed by atoms with Gasteiger partial charge in [0.25, 0.3) is 5.91 Å². The lowest BCUT2D eigenvalue weighted by Crippen LogP contribution is -2.36. The summed E-state index contributed by atoms with van der Waals surface area (Å²) in [4.78, 5) is 24.4. The first-order valence-corrected chi connectivity index (χ1v) is 8.59. The van der Waals surface area contributed by atoms with E-state index in [9.17, 15) is 18.4 Å². The molecule has 1 N–H and O–H groups in total. The van der Waals surface area contributed by atoms with Gasteiger partial charge in [-0.1, -0.05) is 11.6 Å². The molecule has 3 rings (SSSR count). The zero-order valence-corrected chi connectivity index (χ0v) is 15.1. The summed E-state index contributed by atoms with van der Waals surface area (Å²) in [7, 11) is 0. The van der Waals surface area contributed by atoms with Gasteiger partial charge in [-0.05, 0) is 49.2 Å². The predicted molar refractivity (Wildman–Crippen MR) is 94.7 cm³/mol. The van der Waals surface area contributed by atoms with Crippen LogP contribution in [0.5, 0.6) is 5.75 Å². The Morgan fingerprint density at radius 1 is 1.26 bits per heavy atom. The predicted octanol–water partition coefficient (Wildman–Crippen LogP) is 3.74. The van der Waals surface area contributed by atoms with Gasteiger partial charge >= 0.3 is 5.97 Å². The van der Waals surface area contributed by atoms with E-state index in [0.29, 0.717) is 17.2 Å². The molecule has 0 aliphatic carbocycles. The molecule has 0 spiro atoms. The highest BCUT2D eigenvalue weighted by Crippen LogP contribution is 2.30. The molecule has 27 heavy (non-hydrogen) atoms. The van der Waals surface area contributed by atoms with Gasteiger partial charge in [0, 0.05) is 11.1 Å². The summed E-state index contributed by atoms with van der Waals surface area (Å²) in [6.45, 7) is 1.46. The minimum Gasteiger partial charge on any atom is -0.492 e. The van der Waals surface area contributed by atoms with Crippen molar-refractivity contribution in [1.82, 2.24) is 0 Å². The van der Waals surface area contributed by atoms with Crippen molar-refractivity contribution in [3.8, 4) is 5.75 Å². The largest absolute Gasteiger partial charge is 0.492 e. The van der Waals surface area contributed by atoms with E-state index >= 15 is 0 Å². The highest BCUT2D eigenvalue weighted by Gasteiger charge is 2.30. The van der Waals surface area contributed by atoms with Gasteiger partial charge in [-0.25, -0.2) is 8.78 Å². The standard InChI is InChI=1S/C19H16ClF2NO4/c1-10(18(24)23-16-8-14(21)3-4-15(16)22)27-19(25)12-6-11-7-13(20)2-5-17(11)26-9-12/h2-5,7-8,10,12H,6,9H2,1H3,(H,23,24)/t10-,12-/m0/s1. The second kappa shape index (κ2) is 7.92. The van der Waals surface area contributed by atoms with Gasteiger partial charge in [0.1, 0.15) is 24.0 Å². The van der Waals surface area contributed by atoms with E-state index < -0.39 is 35.5 Å². The molecule has 0 unspecified atom stereocenters. The monoisotopic (exact) mass is 395 g/mol. The quantitative estimate of drug-likeness (QED) is 0.801. The molecule has 8 heteroatoms. The molecule has 2 atom stereocenters. The van der Waals surface area contributed by atoms with Crippen molar-refractivity contribution in [2.75, 3.05) is 11.9 Å². The van der Waals surface area contributed by atoms with Crippen LogP contribution in [0.15, 0.2) is 36.4 Å². The third kappa shape index (κ3) is 4.54. The number of halogens is 3. The van der Waals surface area contributed by atoms with E-state index in [0.717, 1.165) is 23.8 Å². The Morgan fingerprint density at radius 3 is 2.81 bits per heavy atom. The molecule has 142 valence electrons. The summed E-state index contributed by atoms with van der Waals surface area (Å²) in [5, 5.41) is 2.73. The second-order valence-electron chi connectivity index (χ2n) is 6.16. The third-order valence-corrected chi connectivity index (χ3v) is 4.35. The number of nitrogens with one attached hydrogen (secondary N) is 1. The summed E-state index contributed by atoms with van der Waals surface area (Å²) >= 11 is 5.95. The number of rotatable bonds is 4. The number of amides is 1. The molecule has 2 aromatic carbocycles. The minimum absolute atomic E-state index is 0.111. The SMILES string of the molecule is C[C@H](OC(=O)[C@@H]1COc2ccc(Cl)cc2C1)C(=O)Nc1cc(F)ccc1F. The van der Waals surface area contributed by atoms with Crippen molar-refractivity contribution >= 4 is 29.2 Å². The molecule has 0 radical (unpaired) electrons. The number of benzene rings is 2. The second-order valence-corrected chi connectivity index (χ2v) is 6.59. The Kier molecular flexibility index (Phi) is 5.60. The maximum absolute atomic E-state index is 13.6. The molecule has 1 amide bonds. The molecule has 2 aromatic rings. The average Bonchev–Trinajstić information content (AvgIpc) is 2.63. The number of esters is 1. The van der Waals surface area contributed by atoms with Crippen LogP contribution in [0, 0.1) is 17.6 Å². The van der Waals surface area contributed by atoms with Crippen LogP contribution in [0.2, 0.25) is 5.02 Å². The maximum atomic E-state index is 13.6. The number of anilines is 1. The first-order valence-electron chi connectivity index (χ1n) is 8.21. The van der Waals surface area contributed by atoms with E-state index in [1.165, 1.54) is 6.92 Å². The summed E-state index contributed by atoms with van der Waals surface area (Å²) in [6.07, 6.45) is -0.831. The van der Waals surface area contributed by atoms with E-state index in [-0.39, 0.29) is 12.3 Å². The van der Waals surface area contributed by atoms with Crippen molar-refractivity contribution < 1.29 is 27.8 Å². The van der Waals surface area contributed by atoms with Gasteiger partial charge in [-0.15, -0.1) is 0 Å². The Morgan fingerprint density at radius 2 is 2.04 bits per heavy atom. The fraction of sp³-hybridized carbons (Fsp3) is 0.263. The van der Waals surface area contributed by atoms with Crippen molar-refractivity contribution in [3.05, 3.63) is 58.6 Å². The minimum atomic E-state index is -1.19. The number of carbonyl (C=O) groups is 2. The van der Waals surface area contributed by atoms with Crippen molar-refractivity contribution in [2.24, 2.45) is 5.92 Å². The van der Waals surface area contributed by atoms with E-state index in [1.807, 2.05) is 0 Å². The van der Waals surface area contributed by atoms with Crippen LogP contribution in [0.1, 0.15) is 12.5 Å². The molecule has 5 nitrogen and oxygen atoms in total. The lowest BCUT2D eigenvalue weighted by molar-refractivity contribution is -0.158. The number of fused-ring (bicyclic) bond motifs is 1. The van der Waals surface area contributed by atoms with Gasteiger partial charge in [-0.2, -0.15) is 0 Å². The van der Waals surface area contributed by atoms with Gasteiger partial charge in [0.15, 0.2) is 6.10 Å². The maximum Gasteiger partial charge on any atom is 0.313 e. The zero-order valence-electron chi connectivity index (χ0n) is 14.3. The van der Waals surface area contributed by atoms with Gasteiger partial charge in [0.2, 0.25) is 0 Å². The average molecular weight is 396 g/mol. The van der Waals surface area contributed by atoms with E-state index in [4.69, 9.17) is 21.1 Å². The molecule has 0 saturated carbocycles. The molecule has 0 fully saturated rings. The fourth-order valence-corrected chi connectivity index (χ4v) is 2.86. The number of ether oxygens (including phenoxy) is 2. The van der Waals surface area contributed by atoms with Crippen LogP contribution in [0.3, 0.4) is 0 Å².